The van der Waals surface area contributed by atoms with E-state index in [2.05, 4.69) is 5.32 Å². The van der Waals surface area contributed by atoms with Gasteiger partial charge in [-0.3, -0.25) is 9.59 Å². The molecule has 0 saturated heterocycles. The Balaban J connectivity index is 1.94. The summed E-state index contributed by atoms with van der Waals surface area (Å²) in [7, 11) is 0. The van der Waals surface area contributed by atoms with Crippen molar-refractivity contribution in [1.82, 2.24) is 5.32 Å². The first-order valence-corrected chi connectivity index (χ1v) is 7.52. The van der Waals surface area contributed by atoms with Gasteiger partial charge in [-0.1, -0.05) is 36.4 Å². The summed E-state index contributed by atoms with van der Waals surface area (Å²) in [5, 5.41) is 2.50. The molecule has 0 bridgehead atoms. The van der Waals surface area contributed by atoms with Crippen LogP contribution in [0.4, 0.5) is 8.78 Å². The fourth-order valence-corrected chi connectivity index (χ4v) is 2.32. The van der Waals surface area contributed by atoms with Gasteiger partial charge in [0.1, 0.15) is 17.7 Å². The lowest BCUT2D eigenvalue weighted by Crippen LogP contribution is -2.45. The quantitative estimate of drug-likeness (QED) is 0.815. The predicted molar refractivity (Wildman–Crippen MR) is 86.0 cm³/mol. The number of halogens is 2. The van der Waals surface area contributed by atoms with Crippen molar-refractivity contribution in [2.45, 2.75) is 25.3 Å². The van der Waals surface area contributed by atoms with E-state index in [1.807, 2.05) is 30.3 Å². The Kier molecular flexibility index (Phi) is 6.01. The average molecular weight is 332 g/mol. The first kappa shape index (κ1) is 17.6. The van der Waals surface area contributed by atoms with Crippen LogP contribution in [0.25, 0.3) is 0 Å². The van der Waals surface area contributed by atoms with Crippen molar-refractivity contribution >= 4 is 11.8 Å². The van der Waals surface area contributed by atoms with Crippen LogP contribution in [0.15, 0.2) is 48.5 Å². The molecule has 6 heteroatoms. The first-order chi connectivity index (χ1) is 11.5. The number of primary amides is 1. The standard InChI is InChI=1S/C18H18F2N2O2/c19-14-8-7-13(15(20)11-14)10-17(23)22-16(18(21)24)9-6-12-4-2-1-3-5-12/h1-5,7-8,11,16H,6,9-10H2,(H2,21,24)(H,22,23)/t16-/m1/s1. The Hall–Kier alpha value is -2.76. The molecule has 0 radical (unpaired) electrons. The molecule has 0 aliphatic heterocycles. The normalized spacial score (nSPS) is 11.8. The molecule has 2 aromatic carbocycles. The molecule has 0 aromatic heterocycles. The van der Waals surface area contributed by atoms with Crippen molar-refractivity contribution < 1.29 is 18.4 Å². The molecular formula is C18H18F2N2O2. The van der Waals surface area contributed by atoms with Gasteiger partial charge in [-0.15, -0.1) is 0 Å². The maximum atomic E-state index is 13.6. The number of benzene rings is 2. The molecule has 4 nitrogen and oxygen atoms in total. The van der Waals surface area contributed by atoms with Gasteiger partial charge < -0.3 is 11.1 Å². The average Bonchev–Trinajstić information content (AvgIpc) is 2.55. The van der Waals surface area contributed by atoms with E-state index in [1.165, 1.54) is 6.07 Å². The molecule has 0 unspecified atom stereocenters. The van der Waals surface area contributed by atoms with Crippen molar-refractivity contribution in [1.29, 1.82) is 0 Å². The second-order valence-electron chi connectivity index (χ2n) is 5.46. The third-order valence-electron chi connectivity index (χ3n) is 3.61. The lowest BCUT2D eigenvalue weighted by molar-refractivity contribution is -0.127. The number of amides is 2. The van der Waals surface area contributed by atoms with E-state index >= 15 is 0 Å². The van der Waals surface area contributed by atoms with Crippen LogP contribution in [-0.2, 0) is 22.4 Å². The SMILES string of the molecule is NC(=O)[C@@H](CCc1ccccc1)NC(=O)Cc1ccc(F)cc1F. The minimum absolute atomic E-state index is 0.0557. The van der Waals surface area contributed by atoms with Gasteiger partial charge in [0.2, 0.25) is 11.8 Å². The van der Waals surface area contributed by atoms with Gasteiger partial charge in [-0.2, -0.15) is 0 Å². The zero-order chi connectivity index (χ0) is 17.5. The highest BCUT2D eigenvalue weighted by Gasteiger charge is 2.19. The van der Waals surface area contributed by atoms with Gasteiger partial charge in [-0.05, 0) is 30.0 Å². The molecule has 0 spiro atoms. The van der Waals surface area contributed by atoms with E-state index in [1.54, 1.807) is 0 Å². The molecule has 0 heterocycles. The number of nitrogens with one attached hydrogen (secondary N) is 1. The minimum atomic E-state index is -0.846. The van der Waals surface area contributed by atoms with Gasteiger partial charge in [0.15, 0.2) is 0 Å². The van der Waals surface area contributed by atoms with Crippen molar-refractivity contribution in [2.75, 3.05) is 0 Å². The van der Waals surface area contributed by atoms with Crippen LogP contribution in [0.5, 0.6) is 0 Å². The monoisotopic (exact) mass is 332 g/mol. The van der Waals surface area contributed by atoms with Crippen LogP contribution < -0.4 is 11.1 Å². The molecule has 0 aliphatic rings. The molecule has 24 heavy (non-hydrogen) atoms. The van der Waals surface area contributed by atoms with Crippen LogP contribution >= 0.6 is 0 Å². The number of rotatable bonds is 7. The fraction of sp³-hybridized carbons (Fsp3) is 0.222. The molecule has 2 amide bonds. The second-order valence-corrected chi connectivity index (χ2v) is 5.46. The number of carbonyl (C=O) groups is 2. The Labute approximate surface area is 138 Å². The van der Waals surface area contributed by atoms with Crippen LogP contribution in [0, 0.1) is 11.6 Å². The summed E-state index contributed by atoms with van der Waals surface area (Å²) in [4.78, 5) is 23.5. The number of carbonyl (C=O) groups excluding carboxylic acids is 2. The largest absolute Gasteiger partial charge is 0.368 e. The third-order valence-corrected chi connectivity index (χ3v) is 3.61. The van der Waals surface area contributed by atoms with Gasteiger partial charge in [0.05, 0.1) is 6.42 Å². The lowest BCUT2D eigenvalue weighted by Gasteiger charge is -2.15. The molecule has 2 rings (SSSR count). The van der Waals surface area contributed by atoms with Crippen molar-refractivity contribution in [3.63, 3.8) is 0 Å². The first-order valence-electron chi connectivity index (χ1n) is 7.52. The minimum Gasteiger partial charge on any atom is -0.368 e. The second kappa shape index (κ2) is 8.19. The number of hydrogen-bond donors (Lipinski definition) is 2. The summed E-state index contributed by atoms with van der Waals surface area (Å²) in [5.74, 6) is -2.71. The molecule has 1 atom stereocenters. The molecule has 126 valence electrons. The fourth-order valence-electron chi connectivity index (χ4n) is 2.32. The van der Waals surface area contributed by atoms with Gasteiger partial charge in [0.25, 0.3) is 0 Å². The smallest absolute Gasteiger partial charge is 0.240 e. The molecule has 0 saturated carbocycles. The summed E-state index contributed by atoms with van der Waals surface area (Å²) >= 11 is 0. The molecule has 2 aromatic rings. The molecule has 3 N–H and O–H groups in total. The Bertz CT molecular complexity index is 720. The van der Waals surface area contributed by atoms with E-state index < -0.39 is 29.5 Å². The maximum Gasteiger partial charge on any atom is 0.240 e. The Morgan fingerprint density at radius 2 is 1.79 bits per heavy atom. The van der Waals surface area contributed by atoms with E-state index in [9.17, 15) is 18.4 Å². The summed E-state index contributed by atoms with van der Waals surface area (Å²) in [6, 6.07) is 11.6. The maximum absolute atomic E-state index is 13.6. The zero-order valence-electron chi connectivity index (χ0n) is 13.0. The van der Waals surface area contributed by atoms with Gasteiger partial charge in [0, 0.05) is 6.07 Å². The third kappa shape index (κ3) is 5.15. The zero-order valence-corrected chi connectivity index (χ0v) is 13.0. The van der Waals surface area contributed by atoms with Crippen LogP contribution in [-0.4, -0.2) is 17.9 Å². The predicted octanol–water partition coefficient (Wildman–Crippen LogP) is 2.11. The van der Waals surface area contributed by atoms with Gasteiger partial charge in [-0.25, -0.2) is 8.78 Å². The Morgan fingerprint density at radius 1 is 1.08 bits per heavy atom. The van der Waals surface area contributed by atoms with Crippen LogP contribution in [0.2, 0.25) is 0 Å². The topological polar surface area (TPSA) is 72.2 Å². The summed E-state index contributed by atoms with van der Waals surface area (Å²) in [6.45, 7) is 0. The van der Waals surface area contributed by atoms with Crippen molar-refractivity contribution in [3.05, 3.63) is 71.3 Å². The highest BCUT2D eigenvalue weighted by atomic mass is 19.1. The molecular weight excluding hydrogens is 314 g/mol. The summed E-state index contributed by atoms with van der Waals surface area (Å²) in [5.41, 5.74) is 6.39. The van der Waals surface area contributed by atoms with E-state index in [4.69, 9.17) is 5.73 Å². The van der Waals surface area contributed by atoms with Crippen LogP contribution in [0.1, 0.15) is 17.5 Å². The van der Waals surface area contributed by atoms with E-state index in [0.717, 1.165) is 11.6 Å². The van der Waals surface area contributed by atoms with E-state index in [0.29, 0.717) is 18.9 Å². The number of nitrogens with two attached hydrogens (primary N) is 1. The van der Waals surface area contributed by atoms with Crippen molar-refractivity contribution in [2.24, 2.45) is 5.73 Å². The van der Waals surface area contributed by atoms with Crippen molar-refractivity contribution in [3.8, 4) is 0 Å². The lowest BCUT2D eigenvalue weighted by atomic mass is 10.0. The van der Waals surface area contributed by atoms with E-state index in [-0.39, 0.29) is 12.0 Å². The summed E-state index contributed by atoms with van der Waals surface area (Å²) < 4.78 is 26.4. The molecule has 0 fully saturated rings. The number of aryl methyl sites for hydroxylation is 1. The highest BCUT2D eigenvalue weighted by molar-refractivity contribution is 5.87. The summed E-state index contributed by atoms with van der Waals surface area (Å²) in [6.07, 6.45) is 0.623. The van der Waals surface area contributed by atoms with Crippen LogP contribution in [0.3, 0.4) is 0 Å². The molecule has 0 aliphatic carbocycles. The van der Waals surface area contributed by atoms with Gasteiger partial charge >= 0.3 is 0 Å². The number of hydrogen-bond acceptors (Lipinski definition) is 2. The Morgan fingerprint density at radius 3 is 2.42 bits per heavy atom. The highest BCUT2D eigenvalue weighted by Crippen LogP contribution is 2.11.